The molecular weight excluding hydrogens is 174 g/mol. The van der Waals surface area contributed by atoms with Crippen LogP contribution in [-0.2, 0) is 0 Å². The number of hydrogen-bond donors (Lipinski definition) is 1. The Balaban J connectivity index is 2.20. The third-order valence-electron chi connectivity index (χ3n) is 1.99. The maximum atomic E-state index is 4.01. The molecule has 2 aromatic rings. The summed E-state index contributed by atoms with van der Waals surface area (Å²) in [5.41, 5.74) is 2.96. The molecule has 0 spiro atoms. The van der Waals surface area contributed by atoms with E-state index >= 15 is 0 Å². The molecule has 1 aromatic heterocycles. The standard InChI is InChI=1S/C11H11N3/c1-9-11(13-14-12-9)8-7-10-5-3-2-4-6-10/h2-8H,1H3,(H,12,13,14). The number of benzene rings is 1. The van der Waals surface area contributed by atoms with Crippen LogP contribution in [-0.4, -0.2) is 15.4 Å². The van der Waals surface area contributed by atoms with Crippen LogP contribution in [0.1, 0.15) is 17.0 Å². The van der Waals surface area contributed by atoms with Gasteiger partial charge >= 0.3 is 0 Å². The van der Waals surface area contributed by atoms with Crippen LogP contribution in [0.2, 0.25) is 0 Å². The summed E-state index contributed by atoms with van der Waals surface area (Å²) in [6, 6.07) is 10.1. The van der Waals surface area contributed by atoms with E-state index in [9.17, 15) is 0 Å². The summed E-state index contributed by atoms with van der Waals surface area (Å²) in [5, 5.41) is 10.5. The normalized spacial score (nSPS) is 10.9. The Labute approximate surface area is 82.5 Å². The zero-order valence-electron chi connectivity index (χ0n) is 7.94. The predicted octanol–water partition coefficient (Wildman–Crippen LogP) is 2.28. The molecule has 0 aliphatic heterocycles. The van der Waals surface area contributed by atoms with Gasteiger partial charge in [0, 0.05) is 0 Å². The zero-order chi connectivity index (χ0) is 9.80. The molecule has 0 atom stereocenters. The molecule has 3 nitrogen and oxygen atoms in total. The summed E-state index contributed by atoms with van der Waals surface area (Å²) < 4.78 is 0. The second-order valence-corrected chi connectivity index (χ2v) is 3.04. The maximum Gasteiger partial charge on any atom is 0.108 e. The van der Waals surface area contributed by atoms with Gasteiger partial charge < -0.3 is 0 Å². The first kappa shape index (κ1) is 8.69. The minimum atomic E-state index is 0.883. The van der Waals surface area contributed by atoms with E-state index in [1.807, 2.05) is 49.4 Å². The van der Waals surface area contributed by atoms with Gasteiger partial charge in [0.1, 0.15) is 5.69 Å². The fourth-order valence-corrected chi connectivity index (χ4v) is 1.19. The van der Waals surface area contributed by atoms with Crippen molar-refractivity contribution in [2.75, 3.05) is 0 Å². The van der Waals surface area contributed by atoms with Gasteiger partial charge in [0.15, 0.2) is 0 Å². The first-order valence-corrected chi connectivity index (χ1v) is 4.47. The number of H-pyrrole nitrogens is 1. The Bertz CT molecular complexity index is 429. The number of aryl methyl sites for hydroxylation is 1. The molecular formula is C11H11N3. The van der Waals surface area contributed by atoms with E-state index in [0.29, 0.717) is 0 Å². The van der Waals surface area contributed by atoms with Gasteiger partial charge in [-0.15, -0.1) is 0 Å². The average molecular weight is 185 g/mol. The molecule has 1 N–H and O–H groups in total. The third kappa shape index (κ3) is 1.88. The molecule has 70 valence electrons. The van der Waals surface area contributed by atoms with Crippen molar-refractivity contribution in [2.24, 2.45) is 0 Å². The van der Waals surface area contributed by atoms with Crippen molar-refractivity contribution in [1.29, 1.82) is 0 Å². The highest BCUT2D eigenvalue weighted by atomic mass is 15.3. The number of rotatable bonds is 2. The first-order valence-electron chi connectivity index (χ1n) is 4.47. The number of nitrogens with one attached hydrogen (secondary N) is 1. The van der Waals surface area contributed by atoms with Gasteiger partial charge in [0.25, 0.3) is 0 Å². The molecule has 0 saturated carbocycles. The number of aromatic amines is 1. The number of aromatic nitrogens is 3. The van der Waals surface area contributed by atoms with E-state index in [-0.39, 0.29) is 0 Å². The predicted molar refractivity (Wildman–Crippen MR) is 56.5 cm³/mol. The molecule has 0 saturated heterocycles. The van der Waals surface area contributed by atoms with Gasteiger partial charge in [-0.05, 0) is 18.6 Å². The quantitative estimate of drug-likeness (QED) is 0.779. The van der Waals surface area contributed by atoms with Gasteiger partial charge in [-0.3, -0.25) is 0 Å². The van der Waals surface area contributed by atoms with Gasteiger partial charge in [0.2, 0.25) is 0 Å². The molecule has 14 heavy (non-hydrogen) atoms. The Kier molecular flexibility index (Phi) is 2.40. The molecule has 0 fully saturated rings. The lowest BCUT2D eigenvalue weighted by atomic mass is 10.2. The molecule has 0 aliphatic carbocycles. The third-order valence-corrected chi connectivity index (χ3v) is 1.99. The molecule has 1 aromatic carbocycles. The van der Waals surface area contributed by atoms with Crippen LogP contribution < -0.4 is 0 Å². The van der Waals surface area contributed by atoms with Crippen LogP contribution in [0.25, 0.3) is 12.2 Å². The van der Waals surface area contributed by atoms with Crippen molar-refractivity contribution >= 4 is 12.2 Å². The summed E-state index contributed by atoms with van der Waals surface area (Å²) in [5.74, 6) is 0. The van der Waals surface area contributed by atoms with Crippen molar-refractivity contribution in [3.63, 3.8) is 0 Å². The lowest BCUT2D eigenvalue weighted by Crippen LogP contribution is -1.76. The van der Waals surface area contributed by atoms with Crippen molar-refractivity contribution in [3.05, 3.63) is 47.3 Å². The van der Waals surface area contributed by atoms with E-state index < -0.39 is 0 Å². The first-order chi connectivity index (χ1) is 6.86. The van der Waals surface area contributed by atoms with E-state index in [1.54, 1.807) is 0 Å². The van der Waals surface area contributed by atoms with Crippen LogP contribution in [0, 0.1) is 6.92 Å². The second kappa shape index (κ2) is 3.87. The van der Waals surface area contributed by atoms with Crippen molar-refractivity contribution < 1.29 is 0 Å². The summed E-state index contributed by atoms with van der Waals surface area (Å²) in [6.07, 6.45) is 3.97. The molecule has 3 heteroatoms. The van der Waals surface area contributed by atoms with Crippen LogP contribution in [0.4, 0.5) is 0 Å². The van der Waals surface area contributed by atoms with E-state index in [2.05, 4.69) is 15.4 Å². The second-order valence-electron chi connectivity index (χ2n) is 3.04. The van der Waals surface area contributed by atoms with Gasteiger partial charge in [-0.1, -0.05) is 36.4 Å². The van der Waals surface area contributed by atoms with Crippen LogP contribution in [0.3, 0.4) is 0 Å². The Morgan fingerprint density at radius 2 is 1.86 bits per heavy atom. The van der Waals surface area contributed by atoms with Crippen LogP contribution in [0.5, 0.6) is 0 Å². The fourth-order valence-electron chi connectivity index (χ4n) is 1.19. The Morgan fingerprint density at radius 1 is 1.07 bits per heavy atom. The zero-order valence-corrected chi connectivity index (χ0v) is 7.94. The highest BCUT2D eigenvalue weighted by molar-refractivity contribution is 5.68. The Hall–Kier alpha value is -1.90. The molecule has 0 unspecified atom stereocenters. The maximum absolute atomic E-state index is 4.01. The van der Waals surface area contributed by atoms with Gasteiger partial charge in [0.05, 0.1) is 5.69 Å². The molecule has 0 aliphatic rings. The molecule has 0 bridgehead atoms. The van der Waals surface area contributed by atoms with E-state index in [4.69, 9.17) is 0 Å². The highest BCUT2D eigenvalue weighted by Crippen LogP contribution is 2.06. The smallest absolute Gasteiger partial charge is 0.108 e. The Morgan fingerprint density at radius 3 is 2.50 bits per heavy atom. The van der Waals surface area contributed by atoms with Crippen molar-refractivity contribution in [1.82, 2.24) is 15.4 Å². The fraction of sp³-hybridized carbons (Fsp3) is 0.0909. The summed E-state index contributed by atoms with van der Waals surface area (Å²) >= 11 is 0. The summed E-state index contributed by atoms with van der Waals surface area (Å²) in [6.45, 7) is 1.92. The summed E-state index contributed by atoms with van der Waals surface area (Å²) in [7, 11) is 0. The average Bonchev–Trinajstić information content (AvgIpc) is 2.63. The van der Waals surface area contributed by atoms with E-state index in [1.165, 1.54) is 0 Å². The van der Waals surface area contributed by atoms with Crippen LogP contribution >= 0.6 is 0 Å². The lowest BCUT2D eigenvalue weighted by Gasteiger charge is -1.90. The largest absolute Gasteiger partial charge is 0.197 e. The SMILES string of the molecule is Cc1n[nH]nc1C=Cc1ccccc1. The molecule has 1 heterocycles. The topological polar surface area (TPSA) is 41.6 Å². The number of nitrogens with zero attached hydrogens (tertiary/aromatic N) is 2. The van der Waals surface area contributed by atoms with Gasteiger partial charge in [-0.2, -0.15) is 15.4 Å². The monoisotopic (exact) mass is 185 g/mol. The minimum Gasteiger partial charge on any atom is -0.197 e. The van der Waals surface area contributed by atoms with E-state index in [0.717, 1.165) is 17.0 Å². The molecule has 0 radical (unpaired) electrons. The molecule has 2 rings (SSSR count). The van der Waals surface area contributed by atoms with Crippen LogP contribution in [0.15, 0.2) is 30.3 Å². The highest BCUT2D eigenvalue weighted by Gasteiger charge is 1.96. The molecule has 0 amide bonds. The van der Waals surface area contributed by atoms with Crippen molar-refractivity contribution in [3.8, 4) is 0 Å². The lowest BCUT2D eigenvalue weighted by molar-refractivity contribution is 0.927. The van der Waals surface area contributed by atoms with Gasteiger partial charge in [-0.25, -0.2) is 0 Å². The minimum absolute atomic E-state index is 0.883. The van der Waals surface area contributed by atoms with Crippen molar-refractivity contribution in [2.45, 2.75) is 6.92 Å². The number of hydrogen-bond acceptors (Lipinski definition) is 2. The summed E-state index contributed by atoms with van der Waals surface area (Å²) in [4.78, 5) is 0.